The zero-order valence-corrected chi connectivity index (χ0v) is 16.6. The molecular weight excluding hydrogens is 408 g/mol. The number of carbonyl (C=O) groups excluding carboxylic acids is 2. The van der Waals surface area contributed by atoms with Gasteiger partial charge in [0.25, 0.3) is 0 Å². The van der Waals surface area contributed by atoms with Crippen molar-refractivity contribution < 1.29 is 18.0 Å². The molecule has 1 aromatic heterocycles. The largest absolute Gasteiger partial charge is 0.334 e. The van der Waals surface area contributed by atoms with Gasteiger partial charge in [0, 0.05) is 16.8 Å². The number of H-pyrrole nitrogens is 1. The SMILES string of the molecule is CC1=CC(c2ccc(S(N)(=O)=O)cc2)NC(=O)N1C(=O)Nc1ccc2[nH]ncc2c1. The normalized spacial score (nSPS) is 16.9. The Hall–Kier alpha value is -3.70. The van der Waals surface area contributed by atoms with Gasteiger partial charge >= 0.3 is 12.1 Å². The van der Waals surface area contributed by atoms with Crippen molar-refractivity contribution in [2.75, 3.05) is 5.32 Å². The monoisotopic (exact) mass is 426 g/mol. The maximum absolute atomic E-state index is 12.7. The van der Waals surface area contributed by atoms with Gasteiger partial charge in [-0.25, -0.2) is 28.0 Å². The summed E-state index contributed by atoms with van der Waals surface area (Å²) in [7, 11) is -3.80. The Kier molecular flexibility index (Phi) is 4.76. The van der Waals surface area contributed by atoms with Gasteiger partial charge in [-0.05, 0) is 48.9 Å². The van der Waals surface area contributed by atoms with Crippen molar-refractivity contribution in [3.8, 4) is 0 Å². The van der Waals surface area contributed by atoms with E-state index in [9.17, 15) is 18.0 Å². The van der Waals surface area contributed by atoms with Crippen LogP contribution in [0.3, 0.4) is 0 Å². The summed E-state index contributed by atoms with van der Waals surface area (Å²) in [6, 6.07) is 9.36. The summed E-state index contributed by atoms with van der Waals surface area (Å²) in [5, 5.41) is 18.1. The van der Waals surface area contributed by atoms with Crippen LogP contribution in [0.5, 0.6) is 0 Å². The molecule has 1 aliphatic rings. The summed E-state index contributed by atoms with van der Waals surface area (Å²) < 4.78 is 22.8. The molecule has 10 nitrogen and oxygen atoms in total. The Morgan fingerprint density at radius 2 is 1.93 bits per heavy atom. The first-order chi connectivity index (χ1) is 14.2. The fourth-order valence-electron chi connectivity index (χ4n) is 3.21. The summed E-state index contributed by atoms with van der Waals surface area (Å²) in [4.78, 5) is 26.2. The average Bonchev–Trinajstić information content (AvgIpc) is 3.14. The lowest BCUT2D eigenvalue weighted by atomic mass is 10.0. The number of allylic oxidation sites excluding steroid dienone is 1. The van der Waals surface area contributed by atoms with Crippen LogP contribution in [0.4, 0.5) is 15.3 Å². The van der Waals surface area contributed by atoms with Crippen molar-refractivity contribution in [2.24, 2.45) is 5.14 Å². The molecule has 4 rings (SSSR count). The maximum atomic E-state index is 12.7. The molecule has 0 bridgehead atoms. The van der Waals surface area contributed by atoms with Crippen molar-refractivity contribution in [1.29, 1.82) is 0 Å². The van der Waals surface area contributed by atoms with Crippen molar-refractivity contribution in [3.05, 3.63) is 66.0 Å². The van der Waals surface area contributed by atoms with E-state index in [0.717, 1.165) is 15.8 Å². The highest BCUT2D eigenvalue weighted by atomic mass is 32.2. The van der Waals surface area contributed by atoms with Gasteiger partial charge in [0.2, 0.25) is 10.0 Å². The topological polar surface area (TPSA) is 150 Å². The molecule has 30 heavy (non-hydrogen) atoms. The molecule has 2 aromatic carbocycles. The number of amides is 4. The quantitative estimate of drug-likeness (QED) is 0.507. The van der Waals surface area contributed by atoms with Gasteiger partial charge < -0.3 is 10.6 Å². The zero-order valence-electron chi connectivity index (χ0n) is 15.8. The van der Waals surface area contributed by atoms with Crippen LogP contribution in [0, 0.1) is 0 Å². The van der Waals surface area contributed by atoms with Gasteiger partial charge in [0.1, 0.15) is 0 Å². The molecule has 1 unspecified atom stereocenters. The molecule has 4 amide bonds. The molecule has 0 aliphatic carbocycles. The molecule has 0 radical (unpaired) electrons. The molecule has 0 saturated heterocycles. The highest BCUT2D eigenvalue weighted by Gasteiger charge is 2.30. The van der Waals surface area contributed by atoms with E-state index in [1.165, 1.54) is 12.1 Å². The Morgan fingerprint density at radius 3 is 2.60 bits per heavy atom. The smallest absolute Gasteiger partial charge is 0.327 e. The minimum absolute atomic E-state index is 0.0234. The van der Waals surface area contributed by atoms with E-state index in [-0.39, 0.29) is 4.90 Å². The number of benzene rings is 2. The third-order valence-corrected chi connectivity index (χ3v) is 5.63. The minimum Gasteiger partial charge on any atom is -0.327 e. The number of nitrogens with one attached hydrogen (secondary N) is 3. The third-order valence-electron chi connectivity index (χ3n) is 4.70. The summed E-state index contributed by atoms with van der Waals surface area (Å²) in [5.41, 5.74) is 2.44. The first-order valence-corrected chi connectivity index (χ1v) is 10.4. The highest BCUT2D eigenvalue weighted by Crippen LogP contribution is 2.25. The van der Waals surface area contributed by atoms with Crippen molar-refractivity contribution >= 4 is 38.7 Å². The van der Waals surface area contributed by atoms with Gasteiger partial charge in [-0.15, -0.1) is 0 Å². The van der Waals surface area contributed by atoms with Crippen LogP contribution in [0.25, 0.3) is 10.9 Å². The molecule has 154 valence electrons. The second-order valence-electron chi connectivity index (χ2n) is 6.79. The number of rotatable bonds is 3. The predicted octanol–water partition coefficient (Wildman–Crippen LogP) is 2.41. The van der Waals surface area contributed by atoms with Crippen LogP contribution >= 0.6 is 0 Å². The van der Waals surface area contributed by atoms with E-state index in [1.807, 2.05) is 0 Å². The number of imide groups is 1. The summed E-state index contributed by atoms with van der Waals surface area (Å²) >= 11 is 0. The molecule has 1 aliphatic heterocycles. The first-order valence-electron chi connectivity index (χ1n) is 8.88. The number of fused-ring (bicyclic) bond motifs is 1. The van der Waals surface area contributed by atoms with Crippen LogP contribution in [0.15, 0.2) is 65.3 Å². The van der Waals surface area contributed by atoms with Gasteiger partial charge in [-0.2, -0.15) is 5.10 Å². The van der Waals surface area contributed by atoms with Crippen LogP contribution in [-0.4, -0.2) is 35.6 Å². The van der Waals surface area contributed by atoms with Crippen molar-refractivity contribution in [3.63, 3.8) is 0 Å². The summed E-state index contributed by atoms with van der Waals surface area (Å²) in [5.74, 6) is 0. The fraction of sp³-hybridized carbons (Fsp3) is 0.105. The predicted molar refractivity (Wildman–Crippen MR) is 110 cm³/mol. The molecule has 0 fully saturated rings. The second-order valence-corrected chi connectivity index (χ2v) is 8.35. The number of hydrogen-bond acceptors (Lipinski definition) is 5. The van der Waals surface area contributed by atoms with Crippen LogP contribution < -0.4 is 15.8 Å². The number of nitrogens with two attached hydrogens (primary N) is 1. The number of hydrogen-bond donors (Lipinski definition) is 4. The Labute approximate surface area is 171 Å². The molecule has 5 N–H and O–H groups in total. The highest BCUT2D eigenvalue weighted by molar-refractivity contribution is 7.89. The standard InChI is InChI=1S/C19H18N6O4S/c1-11-8-17(12-2-5-15(6-3-12)30(20,28)29)23-19(27)25(11)18(26)22-14-4-7-16-13(9-14)10-21-24-16/h2-10,17H,1H3,(H,21,24)(H,22,26)(H,23,27)(H2,20,28,29). The van der Waals surface area contributed by atoms with Crippen LogP contribution in [0.2, 0.25) is 0 Å². The lowest BCUT2D eigenvalue weighted by Gasteiger charge is -2.30. The van der Waals surface area contributed by atoms with Gasteiger partial charge in [0.05, 0.1) is 22.7 Å². The summed E-state index contributed by atoms with van der Waals surface area (Å²) in [6.45, 7) is 1.64. The van der Waals surface area contributed by atoms with Crippen molar-refractivity contribution in [2.45, 2.75) is 17.9 Å². The number of sulfonamides is 1. The summed E-state index contributed by atoms with van der Waals surface area (Å²) in [6.07, 6.45) is 3.34. The lowest BCUT2D eigenvalue weighted by molar-refractivity contribution is 0.199. The third kappa shape index (κ3) is 3.75. The number of aromatic amines is 1. The number of carbonyl (C=O) groups is 2. The molecule has 11 heteroatoms. The van der Waals surface area contributed by atoms with Crippen LogP contribution in [0.1, 0.15) is 18.5 Å². The zero-order chi connectivity index (χ0) is 21.5. The fourth-order valence-corrected chi connectivity index (χ4v) is 3.73. The average molecular weight is 426 g/mol. The number of nitrogens with zero attached hydrogens (tertiary/aromatic N) is 2. The van der Waals surface area contributed by atoms with E-state index in [0.29, 0.717) is 16.9 Å². The van der Waals surface area contributed by atoms with Gasteiger partial charge in [-0.1, -0.05) is 12.1 Å². The number of anilines is 1. The molecular formula is C19H18N6O4S. The minimum atomic E-state index is -3.80. The van der Waals surface area contributed by atoms with Gasteiger partial charge in [0.15, 0.2) is 0 Å². The molecule has 1 atom stereocenters. The second kappa shape index (κ2) is 7.28. The van der Waals surface area contributed by atoms with Crippen LogP contribution in [-0.2, 0) is 10.0 Å². The lowest BCUT2D eigenvalue weighted by Crippen LogP contribution is -2.48. The number of aromatic nitrogens is 2. The number of urea groups is 2. The Morgan fingerprint density at radius 1 is 1.20 bits per heavy atom. The molecule has 2 heterocycles. The van der Waals surface area contributed by atoms with Crippen molar-refractivity contribution in [1.82, 2.24) is 20.4 Å². The van der Waals surface area contributed by atoms with E-state index >= 15 is 0 Å². The van der Waals surface area contributed by atoms with E-state index in [2.05, 4.69) is 20.8 Å². The van der Waals surface area contributed by atoms with E-state index in [4.69, 9.17) is 5.14 Å². The first kappa shape index (κ1) is 19.6. The van der Waals surface area contributed by atoms with E-state index < -0.39 is 28.1 Å². The Bertz CT molecular complexity index is 1280. The van der Waals surface area contributed by atoms with Gasteiger partial charge in [-0.3, -0.25) is 5.10 Å². The maximum Gasteiger partial charge on any atom is 0.334 e. The van der Waals surface area contributed by atoms with E-state index in [1.54, 1.807) is 49.5 Å². The molecule has 3 aromatic rings. The number of primary sulfonamides is 1. The molecule has 0 spiro atoms. The Balaban J connectivity index is 1.53. The molecule has 0 saturated carbocycles.